The first-order chi connectivity index (χ1) is 7.00. The highest BCUT2D eigenvalue weighted by Gasteiger charge is 2.10. The summed E-state index contributed by atoms with van der Waals surface area (Å²) in [6.45, 7) is 1.70. The SMILES string of the molecule is Cc1cc(=O)c2cc(F)cc(F)c2n1C. The average molecular weight is 209 g/mol. The topological polar surface area (TPSA) is 22.0 Å². The van der Waals surface area contributed by atoms with Gasteiger partial charge in [-0.1, -0.05) is 0 Å². The van der Waals surface area contributed by atoms with E-state index in [-0.39, 0.29) is 16.3 Å². The van der Waals surface area contributed by atoms with Crippen LogP contribution in [0.5, 0.6) is 0 Å². The van der Waals surface area contributed by atoms with E-state index >= 15 is 0 Å². The van der Waals surface area contributed by atoms with E-state index in [1.54, 1.807) is 14.0 Å². The normalized spacial score (nSPS) is 10.9. The highest BCUT2D eigenvalue weighted by atomic mass is 19.1. The van der Waals surface area contributed by atoms with Crippen LogP contribution >= 0.6 is 0 Å². The molecule has 0 amide bonds. The molecule has 4 heteroatoms. The fourth-order valence-electron chi connectivity index (χ4n) is 1.64. The maximum absolute atomic E-state index is 13.5. The molecule has 0 saturated heterocycles. The van der Waals surface area contributed by atoms with Gasteiger partial charge in [-0.05, 0) is 13.0 Å². The van der Waals surface area contributed by atoms with Gasteiger partial charge in [-0.25, -0.2) is 8.78 Å². The van der Waals surface area contributed by atoms with Crippen molar-refractivity contribution in [1.29, 1.82) is 0 Å². The molecule has 0 saturated carbocycles. The van der Waals surface area contributed by atoms with Gasteiger partial charge in [0.1, 0.15) is 11.6 Å². The molecule has 1 aromatic carbocycles. The maximum atomic E-state index is 13.5. The van der Waals surface area contributed by atoms with Gasteiger partial charge in [0.15, 0.2) is 5.43 Å². The number of fused-ring (bicyclic) bond motifs is 1. The summed E-state index contributed by atoms with van der Waals surface area (Å²) in [7, 11) is 1.64. The summed E-state index contributed by atoms with van der Waals surface area (Å²) in [5, 5.41) is 0.0700. The van der Waals surface area contributed by atoms with E-state index in [2.05, 4.69) is 0 Å². The molecule has 0 aliphatic heterocycles. The Morgan fingerprint density at radius 1 is 1.20 bits per heavy atom. The van der Waals surface area contributed by atoms with Crippen LogP contribution in [0, 0.1) is 18.6 Å². The van der Waals surface area contributed by atoms with Crippen molar-refractivity contribution in [3.05, 3.63) is 45.8 Å². The largest absolute Gasteiger partial charge is 0.345 e. The van der Waals surface area contributed by atoms with Crippen molar-refractivity contribution < 1.29 is 8.78 Å². The highest BCUT2D eigenvalue weighted by molar-refractivity contribution is 5.79. The third-order valence-electron chi connectivity index (χ3n) is 2.50. The second-order valence-corrected chi connectivity index (χ2v) is 3.49. The molecule has 0 aliphatic carbocycles. The zero-order valence-electron chi connectivity index (χ0n) is 8.34. The molecule has 0 fully saturated rings. The fourth-order valence-corrected chi connectivity index (χ4v) is 1.64. The van der Waals surface area contributed by atoms with E-state index in [1.807, 2.05) is 0 Å². The predicted octanol–water partition coefficient (Wildman–Crippen LogP) is 2.13. The van der Waals surface area contributed by atoms with Gasteiger partial charge in [0, 0.05) is 24.9 Å². The summed E-state index contributed by atoms with van der Waals surface area (Å²) in [4.78, 5) is 11.5. The van der Waals surface area contributed by atoms with Crippen LogP contribution in [0.2, 0.25) is 0 Å². The van der Waals surface area contributed by atoms with Crippen LogP contribution in [0.3, 0.4) is 0 Å². The second kappa shape index (κ2) is 3.15. The van der Waals surface area contributed by atoms with Crippen LogP contribution in [-0.4, -0.2) is 4.57 Å². The Bertz CT molecular complexity index is 602. The summed E-state index contributed by atoms with van der Waals surface area (Å²) in [5.74, 6) is -1.45. The van der Waals surface area contributed by atoms with E-state index in [1.165, 1.54) is 10.6 Å². The van der Waals surface area contributed by atoms with Crippen LogP contribution in [0.1, 0.15) is 5.69 Å². The van der Waals surface area contributed by atoms with Gasteiger partial charge in [0.2, 0.25) is 0 Å². The third kappa shape index (κ3) is 1.42. The Hall–Kier alpha value is -1.71. The van der Waals surface area contributed by atoms with Gasteiger partial charge < -0.3 is 4.57 Å². The first-order valence-corrected chi connectivity index (χ1v) is 4.46. The number of hydrogen-bond donors (Lipinski definition) is 0. The number of pyridine rings is 1. The molecule has 0 aliphatic rings. The molecule has 2 rings (SSSR count). The minimum absolute atomic E-state index is 0.0700. The summed E-state index contributed by atoms with van der Waals surface area (Å²) >= 11 is 0. The Balaban J connectivity index is 3.10. The van der Waals surface area contributed by atoms with Crippen molar-refractivity contribution in [3.8, 4) is 0 Å². The molecule has 1 aromatic heterocycles. The number of halogens is 2. The lowest BCUT2D eigenvalue weighted by atomic mass is 10.1. The summed E-state index contributed by atoms with van der Waals surface area (Å²) in [5.41, 5.74) is 0.415. The molecule has 0 N–H and O–H groups in total. The molecule has 15 heavy (non-hydrogen) atoms. The van der Waals surface area contributed by atoms with E-state index in [0.29, 0.717) is 5.69 Å². The fraction of sp³-hybridized carbons (Fsp3) is 0.182. The second-order valence-electron chi connectivity index (χ2n) is 3.49. The predicted molar refractivity (Wildman–Crippen MR) is 53.8 cm³/mol. The van der Waals surface area contributed by atoms with Crippen molar-refractivity contribution >= 4 is 10.9 Å². The molecule has 0 radical (unpaired) electrons. The van der Waals surface area contributed by atoms with E-state index in [4.69, 9.17) is 0 Å². The summed E-state index contributed by atoms with van der Waals surface area (Å²) in [6, 6.07) is 3.20. The number of rotatable bonds is 0. The molecule has 2 aromatic rings. The van der Waals surface area contributed by atoms with Crippen molar-refractivity contribution in [2.75, 3.05) is 0 Å². The van der Waals surface area contributed by atoms with Gasteiger partial charge >= 0.3 is 0 Å². The standard InChI is InChI=1S/C11H9F2NO/c1-6-3-10(15)8-4-7(12)5-9(13)11(8)14(6)2/h3-5H,1-2H3. The number of aryl methyl sites for hydroxylation is 2. The van der Waals surface area contributed by atoms with Crippen LogP contribution in [0.4, 0.5) is 8.78 Å². The first-order valence-electron chi connectivity index (χ1n) is 4.46. The molecular weight excluding hydrogens is 200 g/mol. The average Bonchev–Trinajstić information content (AvgIpc) is 2.13. The van der Waals surface area contributed by atoms with E-state index in [9.17, 15) is 13.6 Å². The molecule has 0 atom stereocenters. The number of nitrogens with zero attached hydrogens (tertiary/aromatic N) is 1. The van der Waals surface area contributed by atoms with Crippen LogP contribution in [-0.2, 0) is 7.05 Å². The Labute approximate surface area is 84.8 Å². The highest BCUT2D eigenvalue weighted by Crippen LogP contribution is 2.17. The van der Waals surface area contributed by atoms with Crippen molar-refractivity contribution in [1.82, 2.24) is 4.57 Å². The Morgan fingerprint density at radius 2 is 1.87 bits per heavy atom. The van der Waals surface area contributed by atoms with Crippen LogP contribution in [0.25, 0.3) is 10.9 Å². The first kappa shape index (κ1) is 9.83. The molecule has 78 valence electrons. The molecule has 0 spiro atoms. The quantitative estimate of drug-likeness (QED) is 0.651. The lowest BCUT2D eigenvalue weighted by Gasteiger charge is -2.09. The number of hydrogen-bond acceptors (Lipinski definition) is 1. The molecule has 0 bridgehead atoms. The zero-order chi connectivity index (χ0) is 11.2. The lowest BCUT2D eigenvalue weighted by Crippen LogP contribution is -2.10. The molecular formula is C11H9F2NO. The molecule has 2 nitrogen and oxygen atoms in total. The van der Waals surface area contributed by atoms with Gasteiger partial charge in [-0.15, -0.1) is 0 Å². The van der Waals surface area contributed by atoms with Crippen LogP contribution < -0.4 is 5.43 Å². The molecule has 1 heterocycles. The summed E-state index contributed by atoms with van der Waals surface area (Å²) in [6.07, 6.45) is 0. The smallest absolute Gasteiger partial charge is 0.189 e. The minimum atomic E-state index is -0.735. The van der Waals surface area contributed by atoms with E-state index < -0.39 is 11.6 Å². The summed E-state index contributed by atoms with van der Waals surface area (Å²) < 4.78 is 27.9. The van der Waals surface area contributed by atoms with Gasteiger partial charge in [-0.3, -0.25) is 4.79 Å². The van der Waals surface area contributed by atoms with Crippen LogP contribution in [0.15, 0.2) is 23.0 Å². The van der Waals surface area contributed by atoms with Crippen molar-refractivity contribution in [3.63, 3.8) is 0 Å². The Kier molecular flexibility index (Phi) is 2.07. The van der Waals surface area contributed by atoms with Crippen molar-refractivity contribution in [2.45, 2.75) is 6.92 Å². The minimum Gasteiger partial charge on any atom is -0.345 e. The van der Waals surface area contributed by atoms with Gasteiger partial charge in [-0.2, -0.15) is 0 Å². The number of benzene rings is 1. The number of aromatic nitrogens is 1. The van der Waals surface area contributed by atoms with Crippen molar-refractivity contribution in [2.24, 2.45) is 7.05 Å². The monoisotopic (exact) mass is 209 g/mol. The molecule has 0 unspecified atom stereocenters. The van der Waals surface area contributed by atoms with Gasteiger partial charge in [0.25, 0.3) is 0 Å². The zero-order valence-corrected chi connectivity index (χ0v) is 8.34. The lowest BCUT2D eigenvalue weighted by molar-refractivity contribution is 0.586. The van der Waals surface area contributed by atoms with Gasteiger partial charge in [0.05, 0.1) is 10.9 Å². The Morgan fingerprint density at radius 3 is 2.53 bits per heavy atom. The maximum Gasteiger partial charge on any atom is 0.189 e. The van der Waals surface area contributed by atoms with E-state index in [0.717, 1.165) is 12.1 Å². The third-order valence-corrected chi connectivity index (χ3v) is 2.50.